The number of hydrogen-bond acceptors (Lipinski definition) is 4. The van der Waals surface area contributed by atoms with E-state index >= 15 is 0 Å². The second-order valence-electron chi connectivity index (χ2n) is 4.92. The predicted molar refractivity (Wildman–Crippen MR) is 90.1 cm³/mol. The van der Waals surface area contributed by atoms with Crippen LogP contribution in [0.3, 0.4) is 0 Å². The molecule has 3 rings (SSSR count). The Morgan fingerprint density at radius 2 is 2.00 bits per heavy atom. The molecule has 0 atom stereocenters. The van der Waals surface area contributed by atoms with Gasteiger partial charge in [0, 0.05) is 23.4 Å². The van der Waals surface area contributed by atoms with Gasteiger partial charge in [-0.1, -0.05) is 0 Å². The van der Waals surface area contributed by atoms with Crippen LogP contribution in [0.1, 0.15) is 21.7 Å². The summed E-state index contributed by atoms with van der Waals surface area (Å²) in [5.74, 6) is 1.26. The lowest BCUT2D eigenvalue weighted by Crippen LogP contribution is -2.25. The molecule has 6 heteroatoms. The van der Waals surface area contributed by atoms with Gasteiger partial charge in [-0.15, -0.1) is 11.3 Å². The fourth-order valence-electron chi connectivity index (χ4n) is 2.19. The van der Waals surface area contributed by atoms with E-state index < -0.39 is 0 Å². The van der Waals surface area contributed by atoms with Gasteiger partial charge in [0.2, 0.25) is 0 Å². The molecule has 0 bridgehead atoms. The number of benzene rings is 1. The Hall–Kier alpha value is -1.53. The molecular formula is C16H16BrNO3S. The molecule has 0 saturated carbocycles. The van der Waals surface area contributed by atoms with E-state index in [4.69, 9.17) is 9.47 Å². The Kier molecular flexibility index (Phi) is 5.00. The first-order valence-corrected chi connectivity index (χ1v) is 8.75. The molecule has 1 aromatic carbocycles. The summed E-state index contributed by atoms with van der Waals surface area (Å²) in [6.45, 7) is 1.88. The van der Waals surface area contributed by atoms with Gasteiger partial charge in [0.1, 0.15) is 0 Å². The highest BCUT2D eigenvalue weighted by Crippen LogP contribution is 2.30. The van der Waals surface area contributed by atoms with Crippen LogP contribution in [0.2, 0.25) is 0 Å². The summed E-state index contributed by atoms with van der Waals surface area (Å²) in [6.07, 6.45) is 1.68. The second kappa shape index (κ2) is 7.15. The third kappa shape index (κ3) is 3.81. The summed E-state index contributed by atoms with van der Waals surface area (Å²) >= 11 is 5.12. The van der Waals surface area contributed by atoms with E-state index in [0.717, 1.165) is 16.6 Å². The monoisotopic (exact) mass is 381 g/mol. The van der Waals surface area contributed by atoms with Gasteiger partial charge in [-0.25, -0.2) is 0 Å². The minimum atomic E-state index is -0.0914. The SMILES string of the molecule is O=C(NCCc1ccc(Br)s1)c1ccc2c(c1)OCCCO2. The smallest absolute Gasteiger partial charge is 0.251 e. The van der Waals surface area contributed by atoms with Crippen molar-refractivity contribution in [2.45, 2.75) is 12.8 Å². The Morgan fingerprint density at radius 1 is 1.18 bits per heavy atom. The minimum Gasteiger partial charge on any atom is -0.490 e. The van der Waals surface area contributed by atoms with Gasteiger partial charge in [-0.2, -0.15) is 0 Å². The summed E-state index contributed by atoms with van der Waals surface area (Å²) in [5, 5.41) is 2.94. The van der Waals surface area contributed by atoms with Gasteiger partial charge >= 0.3 is 0 Å². The molecule has 1 aliphatic rings. The first kappa shape index (κ1) is 15.4. The summed E-state index contributed by atoms with van der Waals surface area (Å²) in [6, 6.07) is 9.40. The van der Waals surface area contributed by atoms with Gasteiger partial charge in [-0.3, -0.25) is 4.79 Å². The zero-order valence-electron chi connectivity index (χ0n) is 11.9. The molecule has 0 saturated heterocycles. The molecule has 22 heavy (non-hydrogen) atoms. The van der Waals surface area contributed by atoms with E-state index in [1.54, 1.807) is 29.5 Å². The number of carbonyl (C=O) groups is 1. The maximum absolute atomic E-state index is 12.2. The molecule has 1 N–H and O–H groups in total. The van der Waals surface area contributed by atoms with Crippen molar-refractivity contribution >= 4 is 33.2 Å². The fourth-order valence-corrected chi connectivity index (χ4v) is 3.67. The lowest BCUT2D eigenvalue weighted by atomic mass is 10.2. The van der Waals surface area contributed by atoms with Crippen molar-refractivity contribution in [3.05, 3.63) is 44.6 Å². The van der Waals surface area contributed by atoms with E-state index in [1.807, 2.05) is 6.07 Å². The molecule has 1 amide bonds. The van der Waals surface area contributed by atoms with Crippen molar-refractivity contribution in [3.8, 4) is 11.5 Å². The Morgan fingerprint density at radius 3 is 2.77 bits per heavy atom. The topological polar surface area (TPSA) is 47.6 Å². The summed E-state index contributed by atoms with van der Waals surface area (Å²) < 4.78 is 12.3. The zero-order chi connectivity index (χ0) is 15.4. The molecule has 4 nitrogen and oxygen atoms in total. The lowest BCUT2D eigenvalue weighted by Gasteiger charge is -2.09. The molecular weight excluding hydrogens is 366 g/mol. The summed E-state index contributed by atoms with van der Waals surface area (Å²) in [7, 11) is 0. The Bertz CT molecular complexity index is 671. The third-order valence-electron chi connectivity index (χ3n) is 3.30. The van der Waals surface area contributed by atoms with Crippen LogP contribution in [0.25, 0.3) is 0 Å². The van der Waals surface area contributed by atoms with E-state index in [1.165, 1.54) is 4.88 Å². The van der Waals surface area contributed by atoms with Gasteiger partial charge in [0.15, 0.2) is 11.5 Å². The van der Waals surface area contributed by atoms with E-state index in [0.29, 0.717) is 36.8 Å². The van der Waals surface area contributed by atoms with Crippen molar-refractivity contribution in [2.24, 2.45) is 0 Å². The molecule has 0 unspecified atom stereocenters. The quantitative estimate of drug-likeness (QED) is 0.878. The minimum absolute atomic E-state index is 0.0914. The van der Waals surface area contributed by atoms with Crippen LogP contribution in [-0.2, 0) is 6.42 Å². The Labute approximate surface area is 141 Å². The third-order valence-corrected chi connectivity index (χ3v) is 4.98. The molecule has 0 fully saturated rings. The van der Waals surface area contributed by atoms with Gasteiger partial charge in [0.05, 0.1) is 17.0 Å². The molecule has 0 radical (unpaired) electrons. The van der Waals surface area contributed by atoms with Crippen LogP contribution in [0.5, 0.6) is 11.5 Å². The number of fused-ring (bicyclic) bond motifs is 1. The maximum atomic E-state index is 12.2. The average molecular weight is 382 g/mol. The van der Waals surface area contributed by atoms with Crippen molar-refractivity contribution in [1.82, 2.24) is 5.32 Å². The number of rotatable bonds is 4. The number of hydrogen-bond donors (Lipinski definition) is 1. The number of nitrogens with one attached hydrogen (secondary N) is 1. The number of halogens is 1. The molecule has 1 aliphatic heterocycles. The second-order valence-corrected chi connectivity index (χ2v) is 7.47. The van der Waals surface area contributed by atoms with Gasteiger partial charge in [-0.05, 0) is 52.7 Å². The van der Waals surface area contributed by atoms with E-state index in [9.17, 15) is 4.79 Å². The van der Waals surface area contributed by atoms with Crippen LogP contribution < -0.4 is 14.8 Å². The maximum Gasteiger partial charge on any atom is 0.251 e. The fraction of sp³-hybridized carbons (Fsp3) is 0.312. The van der Waals surface area contributed by atoms with Gasteiger partial charge in [0.25, 0.3) is 5.91 Å². The predicted octanol–water partition coefficient (Wildman–Crippen LogP) is 3.64. The number of thiophene rings is 1. The molecule has 2 aromatic rings. The summed E-state index contributed by atoms with van der Waals surface area (Å²) in [5.41, 5.74) is 0.594. The van der Waals surface area contributed by atoms with Crippen molar-refractivity contribution < 1.29 is 14.3 Å². The van der Waals surface area contributed by atoms with Crippen molar-refractivity contribution in [1.29, 1.82) is 0 Å². The van der Waals surface area contributed by atoms with E-state index in [2.05, 4.69) is 27.3 Å². The van der Waals surface area contributed by atoms with Crippen LogP contribution in [-0.4, -0.2) is 25.7 Å². The molecule has 1 aromatic heterocycles. The van der Waals surface area contributed by atoms with E-state index in [-0.39, 0.29) is 5.91 Å². The largest absolute Gasteiger partial charge is 0.490 e. The molecule has 2 heterocycles. The number of amides is 1. The highest BCUT2D eigenvalue weighted by Gasteiger charge is 2.13. The highest BCUT2D eigenvalue weighted by molar-refractivity contribution is 9.11. The molecule has 0 spiro atoms. The Balaban J connectivity index is 1.59. The van der Waals surface area contributed by atoms with Crippen LogP contribution >= 0.6 is 27.3 Å². The average Bonchev–Trinajstić information content (AvgIpc) is 2.80. The number of ether oxygens (including phenoxy) is 2. The number of carbonyl (C=O) groups excluding carboxylic acids is 1. The molecule has 0 aliphatic carbocycles. The highest BCUT2D eigenvalue weighted by atomic mass is 79.9. The first-order valence-electron chi connectivity index (χ1n) is 7.14. The van der Waals surface area contributed by atoms with Crippen LogP contribution in [0, 0.1) is 0 Å². The normalized spacial score (nSPS) is 13.5. The first-order chi connectivity index (χ1) is 10.7. The lowest BCUT2D eigenvalue weighted by molar-refractivity contribution is 0.0953. The van der Waals surface area contributed by atoms with Crippen molar-refractivity contribution in [2.75, 3.05) is 19.8 Å². The molecule has 116 valence electrons. The van der Waals surface area contributed by atoms with Gasteiger partial charge < -0.3 is 14.8 Å². The standard InChI is InChI=1S/C16H16BrNO3S/c17-15-5-3-12(22-15)6-7-18-16(19)11-2-4-13-14(10-11)21-9-1-8-20-13/h2-5,10H,1,6-9H2,(H,18,19). The zero-order valence-corrected chi connectivity index (χ0v) is 14.3. The van der Waals surface area contributed by atoms with Crippen molar-refractivity contribution in [3.63, 3.8) is 0 Å². The summed E-state index contributed by atoms with van der Waals surface area (Å²) in [4.78, 5) is 13.4. The van der Waals surface area contributed by atoms with Crippen LogP contribution in [0.15, 0.2) is 34.1 Å². The van der Waals surface area contributed by atoms with Crippen LogP contribution in [0.4, 0.5) is 0 Å².